The topological polar surface area (TPSA) is 43.8 Å². The second kappa shape index (κ2) is 3.79. The number of benzene rings is 2. The number of para-hydroxylation sites is 1. The number of nitrogens with zero attached hydrogens (tertiary/aromatic N) is 2. The second-order valence-corrected chi connectivity index (χ2v) is 4.23. The Morgan fingerprint density at radius 3 is 2.76 bits per heavy atom. The zero-order chi connectivity index (χ0) is 11.8. The number of anilines is 1. The molecule has 0 aliphatic carbocycles. The first-order chi connectivity index (χ1) is 8.25. The van der Waals surface area contributed by atoms with E-state index in [9.17, 15) is 0 Å². The molecule has 0 spiro atoms. The van der Waals surface area contributed by atoms with Crippen LogP contribution in [0, 0.1) is 0 Å². The Morgan fingerprint density at radius 2 is 1.94 bits per heavy atom. The lowest BCUT2D eigenvalue weighted by Gasteiger charge is -2.05. The van der Waals surface area contributed by atoms with Crippen LogP contribution in [0.5, 0.6) is 0 Å². The van der Waals surface area contributed by atoms with Gasteiger partial charge in [0.25, 0.3) is 0 Å². The van der Waals surface area contributed by atoms with E-state index in [1.165, 1.54) is 0 Å². The van der Waals surface area contributed by atoms with Crippen molar-refractivity contribution in [2.24, 2.45) is 0 Å². The van der Waals surface area contributed by atoms with Gasteiger partial charge in [-0.1, -0.05) is 23.7 Å². The van der Waals surface area contributed by atoms with Crippen LogP contribution < -0.4 is 5.73 Å². The van der Waals surface area contributed by atoms with Crippen molar-refractivity contribution in [1.29, 1.82) is 0 Å². The molecule has 0 bridgehead atoms. The van der Waals surface area contributed by atoms with E-state index in [0.717, 1.165) is 22.3 Å². The van der Waals surface area contributed by atoms with Gasteiger partial charge >= 0.3 is 0 Å². The van der Waals surface area contributed by atoms with E-state index >= 15 is 0 Å². The summed E-state index contributed by atoms with van der Waals surface area (Å²) >= 11 is 6.16. The minimum atomic E-state index is 0.675. The normalized spacial score (nSPS) is 10.9. The van der Waals surface area contributed by atoms with Gasteiger partial charge in [0.05, 0.1) is 22.4 Å². The highest BCUT2D eigenvalue weighted by Crippen LogP contribution is 2.24. The summed E-state index contributed by atoms with van der Waals surface area (Å²) in [6, 6.07) is 13.3. The Kier molecular flexibility index (Phi) is 2.27. The molecule has 0 fully saturated rings. The third kappa shape index (κ3) is 1.65. The Labute approximate surface area is 103 Å². The number of nitrogens with two attached hydrogens (primary N) is 1. The summed E-state index contributed by atoms with van der Waals surface area (Å²) in [5.41, 5.74) is 8.33. The van der Waals surface area contributed by atoms with Gasteiger partial charge in [0.15, 0.2) is 0 Å². The molecule has 3 rings (SSSR count). The third-order valence-corrected chi connectivity index (χ3v) is 2.99. The molecule has 0 aliphatic heterocycles. The highest BCUT2D eigenvalue weighted by Gasteiger charge is 2.07. The summed E-state index contributed by atoms with van der Waals surface area (Å²) in [6.45, 7) is 0. The van der Waals surface area contributed by atoms with Gasteiger partial charge in [-0.25, -0.2) is 4.68 Å². The van der Waals surface area contributed by atoms with Gasteiger partial charge in [0.2, 0.25) is 0 Å². The molecule has 0 atom stereocenters. The lowest BCUT2D eigenvalue weighted by molar-refractivity contribution is 0.911. The fraction of sp³-hybridized carbons (Fsp3) is 0. The molecule has 3 nitrogen and oxygen atoms in total. The Balaban J connectivity index is 2.29. The number of nitrogen functional groups attached to an aromatic ring is 1. The smallest absolute Gasteiger partial charge is 0.0839 e. The molecule has 4 heteroatoms. The van der Waals surface area contributed by atoms with Crippen molar-refractivity contribution < 1.29 is 0 Å². The molecule has 84 valence electrons. The molecule has 1 heterocycles. The lowest BCUT2D eigenvalue weighted by Crippen LogP contribution is -1.96. The maximum Gasteiger partial charge on any atom is 0.0839 e. The zero-order valence-corrected chi connectivity index (χ0v) is 9.72. The zero-order valence-electron chi connectivity index (χ0n) is 8.97. The molecular formula is C13H10ClN3. The van der Waals surface area contributed by atoms with Crippen LogP contribution >= 0.6 is 11.6 Å². The van der Waals surface area contributed by atoms with Crippen molar-refractivity contribution in [3.05, 3.63) is 53.7 Å². The Bertz CT molecular complexity index is 688. The van der Waals surface area contributed by atoms with Gasteiger partial charge in [-0.2, -0.15) is 5.10 Å². The van der Waals surface area contributed by atoms with Crippen molar-refractivity contribution in [3.8, 4) is 5.69 Å². The van der Waals surface area contributed by atoms with Gasteiger partial charge in [0.1, 0.15) is 0 Å². The van der Waals surface area contributed by atoms with E-state index in [4.69, 9.17) is 17.3 Å². The molecule has 0 aliphatic rings. The van der Waals surface area contributed by atoms with Crippen molar-refractivity contribution >= 4 is 28.2 Å². The van der Waals surface area contributed by atoms with E-state index in [1.54, 1.807) is 6.20 Å². The highest BCUT2D eigenvalue weighted by molar-refractivity contribution is 6.32. The molecule has 0 radical (unpaired) electrons. The Hall–Kier alpha value is -2.00. The van der Waals surface area contributed by atoms with Crippen LogP contribution in [0.15, 0.2) is 48.7 Å². The summed E-state index contributed by atoms with van der Waals surface area (Å²) < 4.78 is 1.82. The summed E-state index contributed by atoms with van der Waals surface area (Å²) in [5, 5.41) is 6.02. The summed E-state index contributed by atoms with van der Waals surface area (Å²) in [4.78, 5) is 0. The molecule has 2 aromatic carbocycles. The van der Waals surface area contributed by atoms with E-state index < -0.39 is 0 Å². The lowest BCUT2D eigenvalue weighted by atomic mass is 10.2. The maximum absolute atomic E-state index is 6.16. The number of halogens is 1. The number of hydrogen-bond acceptors (Lipinski definition) is 2. The number of rotatable bonds is 1. The molecular weight excluding hydrogens is 234 g/mol. The molecule has 0 amide bonds. The molecule has 0 unspecified atom stereocenters. The largest absolute Gasteiger partial charge is 0.399 e. The second-order valence-electron chi connectivity index (χ2n) is 3.83. The SMILES string of the molecule is Nc1ccc2c(cnn2-c2ccccc2Cl)c1. The molecule has 3 aromatic rings. The van der Waals surface area contributed by atoms with E-state index in [0.29, 0.717) is 5.02 Å². The number of hydrogen-bond donors (Lipinski definition) is 1. The standard InChI is InChI=1S/C13H10ClN3/c14-11-3-1-2-4-13(11)17-12-6-5-10(15)7-9(12)8-16-17/h1-8H,15H2. The number of fused-ring (bicyclic) bond motifs is 1. The first-order valence-corrected chi connectivity index (χ1v) is 5.62. The highest BCUT2D eigenvalue weighted by atomic mass is 35.5. The van der Waals surface area contributed by atoms with Crippen LogP contribution in [-0.4, -0.2) is 9.78 Å². The minimum Gasteiger partial charge on any atom is -0.399 e. The molecule has 0 saturated carbocycles. The first-order valence-electron chi connectivity index (χ1n) is 5.24. The predicted molar refractivity (Wildman–Crippen MR) is 70.5 cm³/mol. The average Bonchev–Trinajstić information content (AvgIpc) is 2.72. The Morgan fingerprint density at radius 1 is 1.12 bits per heavy atom. The van der Waals surface area contributed by atoms with Gasteiger partial charge in [-0.3, -0.25) is 0 Å². The van der Waals surface area contributed by atoms with Crippen LogP contribution in [0.2, 0.25) is 5.02 Å². The minimum absolute atomic E-state index is 0.675. The van der Waals surface area contributed by atoms with Gasteiger partial charge < -0.3 is 5.73 Å². The van der Waals surface area contributed by atoms with Crippen molar-refractivity contribution in [1.82, 2.24) is 9.78 Å². The van der Waals surface area contributed by atoms with E-state index in [1.807, 2.05) is 47.1 Å². The molecule has 0 saturated heterocycles. The van der Waals surface area contributed by atoms with Crippen LogP contribution in [-0.2, 0) is 0 Å². The molecule has 1 aromatic heterocycles. The quantitative estimate of drug-likeness (QED) is 0.667. The fourth-order valence-electron chi connectivity index (χ4n) is 1.87. The third-order valence-electron chi connectivity index (χ3n) is 2.67. The monoisotopic (exact) mass is 243 g/mol. The van der Waals surface area contributed by atoms with Crippen LogP contribution in [0.1, 0.15) is 0 Å². The summed E-state index contributed by atoms with van der Waals surface area (Å²) in [6.07, 6.45) is 1.79. The predicted octanol–water partition coefficient (Wildman–Crippen LogP) is 3.26. The van der Waals surface area contributed by atoms with Gasteiger partial charge in [-0.15, -0.1) is 0 Å². The van der Waals surface area contributed by atoms with Crippen LogP contribution in [0.3, 0.4) is 0 Å². The molecule has 2 N–H and O–H groups in total. The first kappa shape index (κ1) is 10.2. The van der Waals surface area contributed by atoms with Gasteiger partial charge in [0, 0.05) is 11.1 Å². The van der Waals surface area contributed by atoms with Crippen molar-refractivity contribution in [2.45, 2.75) is 0 Å². The average molecular weight is 244 g/mol. The van der Waals surface area contributed by atoms with Crippen molar-refractivity contribution in [2.75, 3.05) is 5.73 Å². The number of aromatic nitrogens is 2. The molecule has 17 heavy (non-hydrogen) atoms. The fourth-order valence-corrected chi connectivity index (χ4v) is 2.08. The van der Waals surface area contributed by atoms with Crippen LogP contribution in [0.4, 0.5) is 5.69 Å². The van der Waals surface area contributed by atoms with Crippen LogP contribution in [0.25, 0.3) is 16.6 Å². The van der Waals surface area contributed by atoms with Gasteiger partial charge in [-0.05, 0) is 30.3 Å². The maximum atomic E-state index is 6.16. The van der Waals surface area contributed by atoms with E-state index in [2.05, 4.69) is 5.10 Å². The summed E-state index contributed by atoms with van der Waals surface area (Å²) in [5.74, 6) is 0. The van der Waals surface area contributed by atoms with Crippen molar-refractivity contribution in [3.63, 3.8) is 0 Å². The van der Waals surface area contributed by atoms with E-state index in [-0.39, 0.29) is 0 Å². The summed E-state index contributed by atoms with van der Waals surface area (Å²) in [7, 11) is 0.